The molecule has 0 atom stereocenters. The summed E-state index contributed by atoms with van der Waals surface area (Å²) in [7, 11) is 0. The maximum atomic E-state index is 4.79. The predicted octanol–water partition coefficient (Wildman–Crippen LogP) is 1.63. The molecule has 2 nitrogen and oxygen atoms in total. The van der Waals surface area contributed by atoms with Crippen molar-refractivity contribution in [2.24, 2.45) is 0 Å². The fraction of sp³-hybridized carbons (Fsp3) is 0.667. The number of allylic oxidation sites excluding steroid dienone is 2. The van der Waals surface area contributed by atoms with Gasteiger partial charge in [-0.05, 0) is 19.4 Å². The highest BCUT2D eigenvalue weighted by atomic mass is 17.2. The van der Waals surface area contributed by atoms with Gasteiger partial charge in [0.1, 0.15) is 5.76 Å². The van der Waals surface area contributed by atoms with Crippen LogP contribution in [0.1, 0.15) is 19.8 Å². The third-order valence-corrected chi connectivity index (χ3v) is 1.14. The fourth-order valence-electron chi connectivity index (χ4n) is 0.657. The van der Waals surface area contributed by atoms with Gasteiger partial charge in [-0.1, -0.05) is 0 Å². The van der Waals surface area contributed by atoms with Crippen molar-refractivity contribution in [3.63, 3.8) is 0 Å². The molecule has 0 saturated carbocycles. The van der Waals surface area contributed by atoms with Crippen LogP contribution in [0.5, 0.6) is 0 Å². The Morgan fingerprint density at radius 2 is 2.50 bits per heavy atom. The molecule has 0 aromatic heterocycles. The molecule has 0 bridgehead atoms. The maximum Gasteiger partial charge on any atom is 0.138 e. The van der Waals surface area contributed by atoms with Crippen LogP contribution in [0, 0.1) is 0 Å². The minimum absolute atomic E-state index is 0.733. The molecule has 46 valence electrons. The van der Waals surface area contributed by atoms with Gasteiger partial charge in [-0.25, -0.2) is 0 Å². The van der Waals surface area contributed by atoms with Gasteiger partial charge in [0.2, 0.25) is 0 Å². The summed E-state index contributed by atoms with van der Waals surface area (Å²) in [6.07, 6.45) is 4.04. The summed E-state index contributed by atoms with van der Waals surface area (Å²) in [4.78, 5) is 9.49. The van der Waals surface area contributed by atoms with Crippen LogP contribution in [0.25, 0.3) is 0 Å². The normalized spacial score (nSPS) is 25.4. The molecular weight excluding hydrogens is 104 g/mol. The van der Waals surface area contributed by atoms with Crippen LogP contribution in [-0.2, 0) is 9.78 Å². The van der Waals surface area contributed by atoms with Gasteiger partial charge in [-0.2, -0.15) is 4.89 Å². The molecule has 0 spiro atoms. The molecule has 0 N–H and O–H groups in total. The first-order valence-electron chi connectivity index (χ1n) is 2.88. The molecule has 1 aliphatic rings. The predicted molar refractivity (Wildman–Crippen MR) is 30.0 cm³/mol. The van der Waals surface area contributed by atoms with E-state index in [0.29, 0.717) is 0 Å². The highest BCUT2D eigenvalue weighted by Crippen LogP contribution is 2.12. The summed E-state index contributed by atoms with van der Waals surface area (Å²) in [5.74, 6) is 0.955. The van der Waals surface area contributed by atoms with E-state index in [2.05, 4.69) is 0 Å². The van der Waals surface area contributed by atoms with Crippen molar-refractivity contribution in [3.8, 4) is 0 Å². The molecule has 2 heteroatoms. The van der Waals surface area contributed by atoms with E-state index in [1.165, 1.54) is 0 Å². The van der Waals surface area contributed by atoms with Crippen molar-refractivity contribution in [1.82, 2.24) is 0 Å². The Labute approximate surface area is 49.0 Å². The van der Waals surface area contributed by atoms with E-state index >= 15 is 0 Å². The van der Waals surface area contributed by atoms with Gasteiger partial charge in [0.05, 0.1) is 6.61 Å². The Morgan fingerprint density at radius 3 is 2.88 bits per heavy atom. The van der Waals surface area contributed by atoms with Gasteiger partial charge in [-0.15, -0.1) is 0 Å². The van der Waals surface area contributed by atoms with Crippen molar-refractivity contribution in [1.29, 1.82) is 0 Å². The molecule has 0 aromatic rings. The fourth-order valence-corrected chi connectivity index (χ4v) is 0.657. The quantitative estimate of drug-likeness (QED) is 0.445. The molecule has 0 unspecified atom stereocenters. The molecule has 0 radical (unpaired) electrons. The average molecular weight is 114 g/mol. The molecule has 8 heavy (non-hydrogen) atoms. The van der Waals surface area contributed by atoms with E-state index in [9.17, 15) is 0 Å². The van der Waals surface area contributed by atoms with Gasteiger partial charge < -0.3 is 4.89 Å². The molecule has 0 amide bonds. The molecular formula is C6H10O2. The Balaban J connectivity index is 2.33. The van der Waals surface area contributed by atoms with Crippen LogP contribution in [0.2, 0.25) is 0 Å². The SMILES string of the molecule is CC=C1CCCOO1. The Hall–Kier alpha value is -0.500. The second-order valence-corrected chi connectivity index (χ2v) is 1.76. The average Bonchev–Trinajstić information content (AvgIpc) is 1.90. The topological polar surface area (TPSA) is 18.5 Å². The lowest BCUT2D eigenvalue weighted by molar-refractivity contribution is -0.279. The Kier molecular flexibility index (Phi) is 1.92. The molecule has 1 rings (SSSR count). The standard InChI is InChI=1S/C6H10O2/c1-2-6-4-3-5-7-8-6/h2H,3-5H2,1H3. The van der Waals surface area contributed by atoms with Gasteiger partial charge in [0, 0.05) is 6.42 Å². The lowest BCUT2D eigenvalue weighted by Gasteiger charge is -2.12. The van der Waals surface area contributed by atoms with Gasteiger partial charge in [0.15, 0.2) is 0 Å². The summed E-state index contributed by atoms with van der Waals surface area (Å²) in [6.45, 7) is 2.68. The smallest absolute Gasteiger partial charge is 0.138 e. The van der Waals surface area contributed by atoms with E-state index < -0.39 is 0 Å². The maximum absolute atomic E-state index is 4.79. The number of hydrogen-bond acceptors (Lipinski definition) is 2. The minimum Gasteiger partial charge on any atom is -0.342 e. The van der Waals surface area contributed by atoms with Crippen molar-refractivity contribution in [2.45, 2.75) is 19.8 Å². The molecule has 0 aromatic carbocycles. The van der Waals surface area contributed by atoms with Crippen LogP contribution in [0.15, 0.2) is 11.8 Å². The third kappa shape index (κ3) is 1.23. The van der Waals surface area contributed by atoms with Crippen molar-refractivity contribution < 1.29 is 9.78 Å². The molecule has 1 fully saturated rings. The number of rotatable bonds is 0. The summed E-state index contributed by atoms with van der Waals surface area (Å²) in [6, 6.07) is 0. The zero-order valence-corrected chi connectivity index (χ0v) is 5.02. The lowest BCUT2D eigenvalue weighted by Crippen LogP contribution is -2.04. The Morgan fingerprint density at radius 1 is 1.62 bits per heavy atom. The molecule has 1 aliphatic heterocycles. The van der Waals surface area contributed by atoms with E-state index in [-0.39, 0.29) is 0 Å². The zero-order chi connectivity index (χ0) is 5.82. The summed E-state index contributed by atoms with van der Waals surface area (Å²) >= 11 is 0. The van der Waals surface area contributed by atoms with E-state index in [0.717, 1.165) is 25.2 Å². The van der Waals surface area contributed by atoms with Gasteiger partial charge >= 0.3 is 0 Å². The largest absolute Gasteiger partial charge is 0.342 e. The summed E-state index contributed by atoms with van der Waals surface area (Å²) < 4.78 is 0. The van der Waals surface area contributed by atoms with Crippen LogP contribution in [0.3, 0.4) is 0 Å². The van der Waals surface area contributed by atoms with Crippen LogP contribution < -0.4 is 0 Å². The van der Waals surface area contributed by atoms with Crippen LogP contribution in [0.4, 0.5) is 0 Å². The monoisotopic (exact) mass is 114 g/mol. The van der Waals surface area contributed by atoms with Crippen LogP contribution >= 0.6 is 0 Å². The highest BCUT2D eigenvalue weighted by Gasteiger charge is 2.04. The minimum atomic E-state index is 0.733. The van der Waals surface area contributed by atoms with Crippen molar-refractivity contribution >= 4 is 0 Å². The van der Waals surface area contributed by atoms with Crippen LogP contribution in [-0.4, -0.2) is 6.61 Å². The first-order chi connectivity index (χ1) is 3.93. The molecule has 0 aliphatic carbocycles. The second kappa shape index (κ2) is 2.72. The van der Waals surface area contributed by atoms with Crippen molar-refractivity contribution in [3.05, 3.63) is 11.8 Å². The summed E-state index contributed by atoms with van der Waals surface area (Å²) in [5, 5.41) is 0. The summed E-state index contributed by atoms with van der Waals surface area (Å²) in [5.41, 5.74) is 0. The first-order valence-corrected chi connectivity index (χ1v) is 2.88. The highest BCUT2D eigenvalue weighted by molar-refractivity contribution is 4.89. The first kappa shape index (κ1) is 5.63. The lowest BCUT2D eigenvalue weighted by atomic mass is 10.2. The molecule has 1 heterocycles. The third-order valence-electron chi connectivity index (χ3n) is 1.14. The van der Waals surface area contributed by atoms with E-state index in [1.807, 2.05) is 13.0 Å². The van der Waals surface area contributed by atoms with Crippen molar-refractivity contribution in [2.75, 3.05) is 6.61 Å². The Bertz CT molecular complexity index is 88.7. The number of hydrogen-bond donors (Lipinski definition) is 0. The van der Waals surface area contributed by atoms with Gasteiger partial charge in [-0.3, -0.25) is 0 Å². The second-order valence-electron chi connectivity index (χ2n) is 1.76. The molecule has 1 saturated heterocycles. The van der Waals surface area contributed by atoms with E-state index in [4.69, 9.17) is 9.78 Å². The van der Waals surface area contributed by atoms with E-state index in [1.54, 1.807) is 0 Å². The zero-order valence-electron chi connectivity index (χ0n) is 5.02. The van der Waals surface area contributed by atoms with Gasteiger partial charge in [0.25, 0.3) is 0 Å².